The van der Waals surface area contributed by atoms with Crippen molar-refractivity contribution >= 4 is 51.6 Å². The Kier molecular flexibility index (Phi) is 4.95. The SMILES string of the molecule is COc1ccc(N2C(=O)C3C(Cc4c[nH]c5ccccc45)NC4(C(=O)Nc5c(Cl)cccc54)C3C2=O)cc1. The van der Waals surface area contributed by atoms with Crippen LogP contribution in [0.15, 0.2) is 72.9 Å². The minimum atomic E-state index is -1.42. The second-order valence-corrected chi connectivity index (χ2v) is 10.4. The molecule has 8 nitrogen and oxygen atoms in total. The minimum Gasteiger partial charge on any atom is -0.497 e. The summed E-state index contributed by atoms with van der Waals surface area (Å²) in [7, 11) is 1.55. The van der Waals surface area contributed by atoms with Crippen molar-refractivity contribution in [2.24, 2.45) is 11.8 Å². The number of amides is 3. The lowest BCUT2D eigenvalue weighted by Gasteiger charge is -2.29. The number of hydrogen-bond donors (Lipinski definition) is 3. The van der Waals surface area contributed by atoms with E-state index in [-0.39, 0.29) is 11.8 Å². The van der Waals surface area contributed by atoms with E-state index in [4.69, 9.17) is 16.3 Å². The van der Waals surface area contributed by atoms with E-state index in [1.165, 1.54) is 4.90 Å². The van der Waals surface area contributed by atoms with E-state index >= 15 is 0 Å². The van der Waals surface area contributed by atoms with E-state index in [1.54, 1.807) is 49.6 Å². The molecule has 4 atom stereocenters. The van der Waals surface area contributed by atoms with Gasteiger partial charge in [0.05, 0.1) is 35.3 Å². The van der Waals surface area contributed by atoms with Crippen molar-refractivity contribution in [2.45, 2.75) is 18.0 Å². The fraction of sp³-hybridized carbons (Fsp3) is 0.207. The molecule has 190 valence electrons. The first-order valence-corrected chi connectivity index (χ1v) is 12.8. The number of halogens is 1. The molecule has 4 aromatic rings. The Morgan fingerprint density at radius 1 is 0.974 bits per heavy atom. The highest BCUT2D eigenvalue weighted by atomic mass is 35.5. The molecule has 0 aliphatic carbocycles. The largest absolute Gasteiger partial charge is 0.497 e. The number of imide groups is 1. The quantitative estimate of drug-likeness (QED) is 0.349. The summed E-state index contributed by atoms with van der Waals surface area (Å²) in [6.07, 6.45) is 2.37. The average Bonchev–Trinajstić information content (AvgIpc) is 3.64. The fourth-order valence-electron chi connectivity index (χ4n) is 6.49. The highest BCUT2D eigenvalue weighted by Gasteiger charge is 2.70. The molecule has 3 aliphatic rings. The maximum absolute atomic E-state index is 14.1. The van der Waals surface area contributed by atoms with E-state index < -0.39 is 29.3 Å². The maximum Gasteiger partial charge on any atom is 0.250 e. The molecule has 9 heteroatoms. The van der Waals surface area contributed by atoms with Crippen molar-refractivity contribution in [3.8, 4) is 5.75 Å². The number of aromatic amines is 1. The van der Waals surface area contributed by atoms with Crippen molar-refractivity contribution in [1.29, 1.82) is 0 Å². The van der Waals surface area contributed by atoms with E-state index in [2.05, 4.69) is 15.6 Å². The number of para-hydroxylation sites is 2. The van der Waals surface area contributed by atoms with Gasteiger partial charge < -0.3 is 15.0 Å². The van der Waals surface area contributed by atoms with Crippen LogP contribution >= 0.6 is 11.6 Å². The monoisotopic (exact) mass is 526 g/mol. The number of methoxy groups -OCH3 is 1. The van der Waals surface area contributed by atoms with Crippen LogP contribution in [0.4, 0.5) is 11.4 Å². The number of benzene rings is 3. The first kappa shape index (κ1) is 23.0. The average molecular weight is 527 g/mol. The fourth-order valence-corrected chi connectivity index (χ4v) is 6.71. The number of nitrogens with zero attached hydrogens (tertiary/aromatic N) is 1. The molecule has 2 saturated heterocycles. The van der Waals surface area contributed by atoms with Crippen molar-refractivity contribution in [3.63, 3.8) is 0 Å². The first-order chi connectivity index (χ1) is 18.4. The van der Waals surface area contributed by atoms with Gasteiger partial charge in [-0.25, -0.2) is 4.90 Å². The zero-order valence-electron chi connectivity index (χ0n) is 20.3. The molecule has 2 fully saturated rings. The minimum absolute atomic E-state index is 0.331. The van der Waals surface area contributed by atoms with E-state index in [1.807, 2.05) is 30.5 Å². The summed E-state index contributed by atoms with van der Waals surface area (Å²) < 4.78 is 5.24. The molecule has 3 N–H and O–H groups in total. The van der Waals surface area contributed by atoms with Crippen molar-refractivity contribution < 1.29 is 19.1 Å². The summed E-state index contributed by atoms with van der Waals surface area (Å²) in [6.45, 7) is 0. The summed E-state index contributed by atoms with van der Waals surface area (Å²) in [5.74, 6) is -2.21. The highest BCUT2D eigenvalue weighted by molar-refractivity contribution is 6.35. The summed E-state index contributed by atoms with van der Waals surface area (Å²) in [5, 5.41) is 7.79. The van der Waals surface area contributed by atoms with Gasteiger partial charge in [-0.3, -0.25) is 19.7 Å². The summed E-state index contributed by atoms with van der Waals surface area (Å²) in [5.41, 5.74) is 2.07. The molecule has 0 radical (unpaired) electrons. The Balaban J connectivity index is 1.37. The second-order valence-electron chi connectivity index (χ2n) is 9.95. The van der Waals surface area contributed by atoms with Crippen molar-refractivity contribution in [2.75, 3.05) is 17.3 Å². The molecule has 0 saturated carbocycles. The van der Waals surface area contributed by atoms with Crippen LogP contribution in [-0.4, -0.2) is 35.9 Å². The standard InChI is InChI=1S/C29H23ClN4O4/c1-38-17-11-9-16(10-12-17)34-26(35)23-22(13-15-14-31-21-8-3-2-5-18(15)21)33-29(24(23)27(34)36)19-6-4-7-20(30)25(19)32-28(29)37/h2-12,14,22-24,31,33H,13H2,1H3,(H,32,37). The summed E-state index contributed by atoms with van der Waals surface area (Å²) >= 11 is 6.45. The van der Waals surface area contributed by atoms with Crippen molar-refractivity contribution in [1.82, 2.24) is 10.3 Å². The van der Waals surface area contributed by atoms with Crippen LogP contribution in [0.5, 0.6) is 5.75 Å². The number of ether oxygens (including phenoxy) is 1. The van der Waals surface area contributed by atoms with Crippen LogP contribution in [-0.2, 0) is 26.3 Å². The zero-order chi connectivity index (χ0) is 26.2. The smallest absolute Gasteiger partial charge is 0.250 e. The van der Waals surface area contributed by atoms with Gasteiger partial charge in [0.25, 0.3) is 0 Å². The lowest BCUT2D eigenvalue weighted by Crippen LogP contribution is -2.53. The third-order valence-corrected chi connectivity index (χ3v) is 8.46. The number of carbonyl (C=O) groups excluding carboxylic acids is 3. The Hall–Kier alpha value is -4.14. The number of nitrogens with one attached hydrogen (secondary N) is 3. The molecule has 1 spiro atoms. The lowest BCUT2D eigenvalue weighted by molar-refractivity contribution is -0.130. The summed E-state index contributed by atoms with van der Waals surface area (Å²) in [6, 6.07) is 19.5. The van der Waals surface area contributed by atoms with Gasteiger partial charge >= 0.3 is 0 Å². The Morgan fingerprint density at radius 2 is 1.76 bits per heavy atom. The molecule has 4 heterocycles. The third kappa shape index (κ3) is 2.98. The zero-order valence-corrected chi connectivity index (χ0v) is 21.1. The highest BCUT2D eigenvalue weighted by Crippen LogP contribution is 2.55. The van der Waals surface area contributed by atoms with Gasteiger partial charge in [0.15, 0.2) is 0 Å². The molecule has 3 amide bonds. The topological polar surface area (TPSA) is 104 Å². The molecular weight excluding hydrogens is 504 g/mol. The predicted molar refractivity (Wildman–Crippen MR) is 143 cm³/mol. The number of anilines is 2. The number of rotatable bonds is 4. The number of carbonyl (C=O) groups is 3. The van der Waals surface area contributed by atoms with Gasteiger partial charge in [0.1, 0.15) is 11.3 Å². The first-order valence-electron chi connectivity index (χ1n) is 12.4. The van der Waals surface area contributed by atoms with Crippen LogP contribution < -0.4 is 20.3 Å². The molecule has 7 rings (SSSR count). The number of hydrogen-bond acceptors (Lipinski definition) is 5. The number of fused-ring (bicyclic) bond motifs is 5. The molecule has 38 heavy (non-hydrogen) atoms. The van der Waals surface area contributed by atoms with E-state index in [9.17, 15) is 14.4 Å². The van der Waals surface area contributed by atoms with Gasteiger partial charge in [0.2, 0.25) is 17.7 Å². The van der Waals surface area contributed by atoms with E-state index in [0.717, 1.165) is 16.5 Å². The molecule has 3 aromatic carbocycles. The van der Waals surface area contributed by atoms with Gasteiger partial charge in [-0.1, -0.05) is 41.9 Å². The summed E-state index contributed by atoms with van der Waals surface area (Å²) in [4.78, 5) is 46.4. The maximum atomic E-state index is 14.1. The van der Waals surface area contributed by atoms with Gasteiger partial charge in [-0.05, 0) is 48.4 Å². The number of aromatic nitrogens is 1. The predicted octanol–water partition coefficient (Wildman–Crippen LogP) is 4.00. The van der Waals surface area contributed by atoms with Crippen LogP contribution in [0.1, 0.15) is 11.1 Å². The molecule has 3 aliphatic heterocycles. The van der Waals surface area contributed by atoms with Crippen molar-refractivity contribution in [3.05, 3.63) is 89.1 Å². The molecular formula is C29H23ClN4O4. The van der Waals surface area contributed by atoms with Gasteiger partial charge in [-0.2, -0.15) is 0 Å². The van der Waals surface area contributed by atoms with Gasteiger partial charge in [-0.15, -0.1) is 0 Å². The van der Waals surface area contributed by atoms with Crippen LogP contribution in [0.2, 0.25) is 5.02 Å². The van der Waals surface area contributed by atoms with Gasteiger partial charge in [0, 0.05) is 28.7 Å². The van der Waals surface area contributed by atoms with E-state index in [0.29, 0.717) is 34.1 Å². The number of H-pyrrole nitrogens is 1. The van der Waals surface area contributed by atoms with Crippen LogP contribution in [0.25, 0.3) is 10.9 Å². The normalized spacial score (nSPS) is 25.8. The lowest BCUT2D eigenvalue weighted by atomic mass is 9.76. The third-order valence-electron chi connectivity index (χ3n) is 8.14. The van der Waals surface area contributed by atoms with Crippen LogP contribution in [0, 0.1) is 11.8 Å². The molecule has 1 aromatic heterocycles. The molecule has 0 bridgehead atoms. The Morgan fingerprint density at radius 3 is 2.55 bits per heavy atom. The van der Waals surface area contributed by atoms with Crippen LogP contribution in [0.3, 0.4) is 0 Å². The second kappa shape index (κ2) is 8.18. The molecule has 4 unspecified atom stereocenters. The Bertz CT molecular complexity index is 1650. The Labute approximate surface area is 222 Å².